The van der Waals surface area contributed by atoms with Crippen LogP contribution in [-0.2, 0) is 16.6 Å². The Balaban J connectivity index is 1.32. The van der Waals surface area contributed by atoms with E-state index >= 15 is 0 Å². The van der Waals surface area contributed by atoms with E-state index in [4.69, 9.17) is 4.42 Å². The van der Waals surface area contributed by atoms with E-state index in [2.05, 4.69) is 33.2 Å². The Bertz CT molecular complexity index is 1730. The lowest BCUT2D eigenvalue weighted by molar-refractivity contribution is 0.116. The molecule has 0 atom stereocenters. The van der Waals surface area contributed by atoms with E-state index in [1.54, 1.807) is 16.7 Å². The number of likely N-dealkylation sites (tertiary alicyclic amines) is 1. The number of hydrogen-bond donors (Lipinski definition) is 0. The number of alkyl halides is 2. The summed E-state index contributed by atoms with van der Waals surface area (Å²) in [4.78, 5) is 20.7. The first-order chi connectivity index (χ1) is 20.1. The summed E-state index contributed by atoms with van der Waals surface area (Å²) in [5, 5.41) is 7.03. The van der Waals surface area contributed by atoms with Gasteiger partial charge in [0.25, 0.3) is 5.89 Å². The third kappa shape index (κ3) is 5.62. The van der Waals surface area contributed by atoms with Crippen molar-refractivity contribution in [2.45, 2.75) is 50.6 Å². The van der Waals surface area contributed by atoms with Crippen molar-refractivity contribution >= 4 is 21.1 Å². The highest BCUT2D eigenvalue weighted by Gasteiger charge is 2.28. The van der Waals surface area contributed by atoms with Crippen LogP contribution in [0.5, 0.6) is 0 Å². The number of sulfonamides is 1. The molecule has 2 saturated heterocycles. The highest BCUT2D eigenvalue weighted by molar-refractivity contribution is 7.88. The summed E-state index contributed by atoms with van der Waals surface area (Å²) >= 11 is 0. The molecule has 224 valence electrons. The van der Waals surface area contributed by atoms with E-state index in [1.165, 1.54) is 16.8 Å². The first kappa shape index (κ1) is 28.6. The molecule has 0 spiro atoms. The summed E-state index contributed by atoms with van der Waals surface area (Å²) < 4.78 is 59.9. The Morgan fingerprint density at radius 2 is 1.74 bits per heavy atom. The number of imidazole rings is 1. The van der Waals surface area contributed by atoms with Gasteiger partial charge in [-0.2, -0.15) is 8.78 Å². The number of halogens is 2. The van der Waals surface area contributed by atoms with Crippen molar-refractivity contribution < 1.29 is 21.6 Å². The summed E-state index contributed by atoms with van der Waals surface area (Å²) in [5.41, 5.74) is 3.72. The molecule has 0 radical (unpaired) electrons. The van der Waals surface area contributed by atoms with Crippen LogP contribution in [0.1, 0.15) is 61.2 Å². The van der Waals surface area contributed by atoms with Gasteiger partial charge in [-0.1, -0.05) is 6.07 Å². The number of piperidine rings is 2. The Morgan fingerprint density at radius 3 is 2.36 bits per heavy atom. The van der Waals surface area contributed by atoms with E-state index < -0.39 is 22.3 Å². The van der Waals surface area contributed by atoms with Crippen molar-refractivity contribution in [2.75, 3.05) is 39.5 Å². The van der Waals surface area contributed by atoms with Gasteiger partial charge >= 0.3 is 12.1 Å². The van der Waals surface area contributed by atoms with Gasteiger partial charge in [0.2, 0.25) is 15.9 Å². The van der Waals surface area contributed by atoms with E-state index in [0.717, 1.165) is 55.4 Å². The standard InChI is InChI=1S/C28H33F2N7O4S/c1-34-11-9-22(10-12-34)37-24-15-19(18-7-13-35(14-8-18)42(2,39)40)4-6-23(24)36(28(37)38)17-21-5-3-20(16-31-21)26-32-33-27(41-26)25(29)30/h3-6,15-16,18,22,25H,7-14,17H2,1-2H3. The molecule has 1 aromatic carbocycles. The van der Waals surface area contributed by atoms with Crippen LogP contribution in [-0.4, -0.2) is 81.4 Å². The normalized spacial score (nSPS) is 18.4. The Hall–Kier alpha value is -3.49. The van der Waals surface area contributed by atoms with E-state index in [1.807, 2.05) is 16.7 Å². The molecule has 0 bridgehead atoms. The monoisotopic (exact) mass is 601 g/mol. The smallest absolute Gasteiger partial charge is 0.329 e. The first-order valence-electron chi connectivity index (χ1n) is 14.0. The molecule has 2 fully saturated rings. The number of nitrogens with zero attached hydrogens (tertiary/aromatic N) is 7. The van der Waals surface area contributed by atoms with Crippen LogP contribution in [0.3, 0.4) is 0 Å². The van der Waals surface area contributed by atoms with Crippen molar-refractivity contribution in [1.82, 2.24) is 33.5 Å². The number of aromatic nitrogens is 5. The lowest BCUT2D eigenvalue weighted by atomic mass is 9.90. The molecule has 2 aliphatic rings. The average molecular weight is 602 g/mol. The zero-order chi connectivity index (χ0) is 29.6. The Labute approximate surface area is 241 Å². The zero-order valence-corrected chi connectivity index (χ0v) is 24.3. The Kier molecular flexibility index (Phi) is 7.70. The van der Waals surface area contributed by atoms with Gasteiger partial charge in [0.05, 0.1) is 35.1 Å². The van der Waals surface area contributed by atoms with Gasteiger partial charge < -0.3 is 9.32 Å². The molecule has 5 heterocycles. The number of hydrogen-bond acceptors (Lipinski definition) is 8. The van der Waals surface area contributed by atoms with Crippen molar-refractivity contribution in [2.24, 2.45) is 0 Å². The predicted molar refractivity (Wildman–Crippen MR) is 152 cm³/mol. The fourth-order valence-corrected chi connectivity index (χ4v) is 6.95. The molecule has 14 heteroatoms. The van der Waals surface area contributed by atoms with Crippen LogP contribution < -0.4 is 5.69 Å². The van der Waals surface area contributed by atoms with E-state index in [-0.39, 0.29) is 30.1 Å². The summed E-state index contributed by atoms with van der Waals surface area (Å²) in [6.07, 6.45) is 3.06. The highest BCUT2D eigenvalue weighted by Crippen LogP contribution is 2.33. The molecular weight excluding hydrogens is 568 g/mol. The van der Waals surface area contributed by atoms with E-state index in [9.17, 15) is 22.0 Å². The molecule has 0 saturated carbocycles. The quantitative estimate of drug-likeness (QED) is 0.315. The minimum Gasteiger partial charge on any atom is -0.415 e. The molecular formula is C28H33F2N7O4S. The Morgan fingerprint density at radius 1 is 1.00 bits per heavy atom. The third-order valence-electron chi connectivity index (χ3n) is 8.45. The van der Waals surface area contributed by atoms with Crippen molar-refractivity contribution in [3.05, 3.63) is 64.2 Å². The van der Waals surface area contributed by atoms with Gasteiger partial charge in [-0.05, 0) is 81.6 Å². The van der Waals surface area contributed by atoms with Crippen molar-refractivity contribution in [3.8, 4) is 11.5 Å². The van der Waals surface area contributed by atoms with Crippen LogP contribution in [0.4, 0.5) is 8.78 Å². The van der Waals surface area contributed by atoms with Crippen LogP contribution >= 0.6 is 0 Å². The second-order valence-corrected chi connectivity index (χ2v) is 13.2. The van der Waals surface area contributed by atoms with Crippen LogP contribution in [0, 0.1) is 0 Å². The summed E-state index contributed by atoms with van der Waals surface area (Å²) in [6.45, 7) is 3.00. The van der Waals surface area contributed by atoms with E-state index in [0.29, 0.717) is 24.3 Å². The topological polar surface area (TPSA) is 119 Å². The highest BCUT2D eigenvalue weighted by atomic mass is 32.2. The lowest BCUT2D eigenvalue weighted by Crippen LogP contribution is -2.37. The minimum absolute atomic E-state index is 0.0460. The van der Waals surface area contributed by atoms with Gasteiger partial charge in [-0.3, -0.25) is 14.1 Å². The fourth-order valence-electron chi connectivity index (χ4n) is 6.08. The minimum atomic E-state index is -3.21. The van der Waals surface area contributed by atoms with Crippen molar-refractivity contribution in [1.29, 1.82) is 0 Å². The maximum Gasteiger partial charge on any atom is 0.329 e. The zero-order valence-electron chi connectivity index (χ0n) is 23.5. The largest absolute Gasteiger partial charge is 0.415 e. The maximum absolute atomic E-state index is 14.0. The second-order valence-electron chi connectivity index (χ2n) is 11.2. The van der Waals surface area contributed by atoms with Crippen molar-refractivity contribution in [3.63, 3.8) is 0 Å². The molecule has 6 rings (SSSR count). The number of rotatable bonds is 7. The first-order valence-corrected chi connectivity index (χ1v) is 15.9. The fraction of sp³-hybridized carbons (Fsp3) is 0.500. The second kappa shape index (κ2) is 11.3. The van der Waals surface area contributed by atoms with Gasteiger partial charge in [0, 0.05) is 25.3 Å². The predicted octanol–water partition coefficient (Wildman–Crippen LogP) is 3.64. The molecule has 42 heavy (non-hydrogen) atoms. The summed E-state index contributed by atoms with van der Waals surface area (Å²) in [6, 6.07) is 9.59. The van der Waals surface area contributed by atoms with Crippen LogP contribution in [0.15, 0.2) is 45.7 Å². The third-order valence-corrected chi connectivity index (χ3v) is 9.76. The van der Waals surface area contributed by atoms with Gasteiger partial charge in [0.15, 0.2) is 0 Å². The maximum atomic E-state index is 14.0. The molecule has 0 aliphatic carbocycles. The molecule has 4 aromatic rings. The van der Waals surface area contributed by atoms with Gasteiger partial charge in [-0.15, -0.1) is 10.2 Å². The molecule has 2 aliphatic heterocycles. The average Bonchev–Trinajstić information content (AvgIpc) is 3.57. The van der Waals surface area contributed by atoms with Gasteiger partial charge in [0.1, 0.15) is 0 Å². The number of benzene rings is 1. The number of fused-ring (bicyclic) bond motifs is 1. The molecule has 3 aromatic heterocycles. The molecule has 0 unspecified atom stereocenters. The van der Waals surface area contributed by atoms with Crippen LogP contribution in [0.2, 0.25) is 0 Å². The molecule has 0 amide bonds. The molecule has 11 nitrogen and oxygen atoms in total. The van der Waals surface area contributed by atoms with Crippen LogP contribution in [0.25, 0.3) is 22.5 Å². The molecule has 0 N–H and O–H groups in total. The van der Waals surface area contributed by atoms with Gasteiger partial charge in [-0.25, -0.2) is 17.5 Å². The lowest BCUT2D eigenvalue weighted by Gasteiger charge is -2.31. The summed E-state index contributed by atoms with van der Waals surface area (Å²) in [7, 11) is -1.13. The SMILES string of the molecule is CN1CCC(n2c(=O)n(Cc3ccc(-c4nnc(C(F)F)o4)cn3)c3ccc(C4CCN(S(C)(=O)=O)CC4)cc32)CC1. The number of pyridine rings is 1. The summed E-state index contributed by atoms with van der Waals surface area (Å²) in [5.74, 6) is -0.584.